The van der Waals surface area contributed by atoms with Gasteiger partial charge in [0.2, 0.25) is 0 Å². The van der Waals surface area contributed by atoms with Crippen LogP contribution < -0.4 is 10.6 Å². The Morgan fingerprint density at radius 2 is 2.17 bits per heavy atom. The molecule has 1 amide bonds. The summed E-state index contributed by atoms with van der Waals surface area (Å²) in [6.07, 6.45) is 3.39. The maximum absolute atomic E-state index is 13.2. The molecule has 5 heteroatoms. The fourth-order valence-corrected chi connectivity index (χ4v) is 1.74. The summed E-state index contributed by atoms with van der Waals surface area (Å²) in [6.45, 7) is 1.49. The maximum Gasteiger partial charge on any atom is 0.251 e. The first-order valence-electron chi connectivity index (χ1n) is 6.13. The lowest BCUT2D eigenvalue weighted by molar-refractivity contribution is 0.0953. The van der Waals surface area contributed by atoms with Gasteiger partial charge in [-0.25, -0.2) is 4.39 Å². The van der Waals surface area contributed by atoms with Crippen LogP contribution in [0.1, 0.15) is 29.6 Å². The number of amides is 1. The van der Waals surface area contributed by atoms with Gasteiger partial charge in [0.25, 0.3) is 5.91 Å². The molecule has 0 unspecified atom stereocenters. The molecule has 2 rings (SSSR count). The van der Waals surface area contributed by atoms with Crippen LogP contribution in [0.15, 0.2) is 18.2 Å². The molecule has 1 fully saturated rings. The molecule has 1 aliphatic rings. The van der Waals surface area contributed by atoms with Crippen molar-refractivity contribution in [3.8, 4) is 0 Å². The van der Waals surface area contributed by atoms with Crippen molar-refractivity contribution >= 4 is 17.5 Å². The number of benzene rings is 1. The Morgan fingerprint density at radius 3 is 2.83 bits per heavy atom. The Labute approximate surface area is 111 Å². The highest BCUT2D eigenvalue weighted by Crippen LogP contribution is 2.18. The Hall–Kier alpha value is -1.13. The number of hydrogen-bond donors (Lipinski definition) is 2. The third-order valence-electron chi connectivity index (χ3n) is 2.83. The van der Waals surface area contributed by atoms with Crippen LogP contribution in [0.5, 0.6) is 0 Å². The van der Waals surface area contributed by atoms with Gasteiger partial charge in [-0.05, 0) is 44.0 Å². The van der Waals surface area contributed by atoms with E-state index >= 15 is 0 Å². The predicted octanol–water partition coefficient (Wildman–Crippen LogP) is 2.35. The zero-order valence-electron chi connectivity index (χ0n) is 10.0. The predicted molar refractivity (Wildman–Crippen MR) is 69.4 cm³/mol. The van der Waals surface area contributed by atoms with Crippen molar-refractivity contribution < 1.29 is 9.18 Å². The minimum Gasteiger partial charge on any atom is -0.352 e. The smallest absolute Gasteiger partial charge is 0.251 e. The van der Waals surface area contributed by atoms with Gasteiger partial charge in [0, 0.05) is 18.2 Å². The summed E-state index contributed by atoms with van der Waals surface area (Å²) in [5.41, 5.74) is 0.298. The molecule has 98 valence electrons. The SMILES string of the molecule is O=C(NCCCNC1CC1)c1ccc(Cl)c(F)c1. The van der Waals surface area contributed by atoms with Gasteiger partial charge in [-0.15, -0.1) is 0 Å². The molecule has 0 spiro atoms. The molecule has 0 atom stereocenters. The largest absolute Gasteiger partial charge is 0.352 e. The van der Waals surface area contributed by atoms with Gasteiger partial charge in [-0.2, -0.15) is 0 Å². The standard InChI is InChI=1S/C13H16ClFN2O/c14-11-5-2-9(8-12(11)15)13(18)17-7-1-6-16-10-3-4-10/h2,5,8,10,16H,1,3-4,6-7H2,(H,17,18). The first kappa shape index (κ1) is 13.3. The topological polar surface area (TPSA) is 41.1 Å². The van der Waals surface area contributed by atoms with Crippen molar-refractivity contribution in [3.63, 3.8) is 0 Å². The van der Waals surface area contributed by atoms with E-state index in [0.29, 0.717) is 18.2 Å². The van der Waals surface area contributed by atoms with E-state index < -0.39 is 5.82 Å². The van der Waals surface area contributed by atoms with Crippen LogP contribution in [0.2, 0.25) is 5.02 Å². The van der Waals surface area contributed by atoms with E-state index in [2.05, 4.69) is 10.6 Å². The molecular formula is C13H16ClFN2O. The van der Waals surface area contributed by atoms with Crippen molar-refractivity contribution in [2.24, 2.45) is 0 Å². The van der Waals surface area contributed by atoms with E-state index in [1.807, 2.05) is 0 Å². The highest BCUT2D eigenvalue weighted by Gasteiger charge is 2.19. The Morgan fingerprint density at radius 1 is 1.39 bits per heavy atom. The second-order valence-corrected chi connectivity index (χ2v) is 4.87. The minimum atomic E-state index is -0.570. The number of carbonyl (C=O) groups is 1. The summed E-state index contributed by atoms with van der Waals surface area (Å²) in [6, 6.07) is 4.75. The number of carbonyl (C=O) groups excluding carboxylic acids is 1. The summed E-state index contributed by atoms with van der Waals surface area (Å²) in [4.78, 5) is 11.7. The van der Waals surface area contributed by atoms with Gasteiger partial charge in [0.1, 0.15) is 5.82 Å². The molecule has 0 bridgehead atoms. The molecule has 0 heterocycles. The van der Waals surface area contributed by atoms with Crippen LogP contribution in [0.25, 0.3) is 0 Å². The fourth-order valence-electron chi connectivity index (χ4n) is 1.62. The van der Waals surface area contributed by atoms with Crippen LogP contribution in [-0.4, -0.2) is 25.0 Å². The molecule has 0 aliphatic heterocycles. The van der Waals surface area contributed by atoms with E-state index in [-0.39, 0.29) is 10.9 Å². The molecule has 3 nitrogen and oxygen atoms in total. The monoisotopic (exact) mass is 270 g/mol. The molecule has 0 radical (unpaired) electrons. The number of hydrogen-bond acceptors (Lipinski definition) is 2. The normalized spacial score (nSPS) is 14.6. The Bertz CT molecular complexity index is 435. The van der Waals surface area contributed by atoms with Crippen molar-refractivity contribution in [2.45, 2.75) is 25.3 Å². The molecule has 2 N–H and O–H groups in total. The van der Waals surface area contributed by atoms with Crippen molar-refractivity contribution in [3.05, 3.63) is 34.6 Å². The summed E-state index contributed by atoms with van der Waals surface area (Å²) < 4.78 is 13.2. The maximum atomic E-state index is 13.2. The van der Waals surface area contributed by atoms with Gasteiger partial charge in [0.05, 0.1) is 5.02 Å². The van der Waals surface area contributed by atoms with Crippen LogP contribution in [0, 0.1) is 5.82 Å². The van der Waals surface area contributed by atoms with E-state index in [9.17, 15) is 9.18 Å². The summed E-state index contributed by atoms with van der Waals surface area (Å²) in [5, 5.41) is 6.14. The molecule has 1 aromatic carbocycles. The third kappa shape index (κ3) is 3.96. The Kier molecular flexibility index (Phi) is 4.55. The molecular weight excluding hydrogens is 255 g/mol. The van der Waals surface area contributed by atoms with Crippen LogP contribution in [0.3, 0.4) is 0 Å². The average Bonchev–Trinajstić information content (AvgIpc) is 3.16. The highest BCUT2D eigenvalue weighted by atomic mass is 35.5. The fraction of sp³-hybridized carbons (Fsp3) is 0.462. The Balaban J connectivity index is 1.70. The molecule has 0 aromatic heterocycles. The van der Waals surface area contributed by atoms with Gasteiger partial charge < -0.3 is 10.6 Å². The van der Waals surface area contributed by atoms with E-state index in [0.717, 1.165) is 19.0 Å². The molecule has 1 aromatic rings. The lowest BCUT2D eigenvalue weighted by atomic mass is 10.2. The van der Waals surface area contributed by atoms with Gasteiger partial charge in [-0.3, -0.25) is 4.79 Å². The summed E-state index contributed by atoms with van der Waals surface area (Å²) in [5.74, 6) is -0.836. The number of rotatable bonds is 6. The van der Waals surface area contributed by atoms with Gasteiger partial charge in [-0.1, -0.05) is 11.6 Å². The quantitative estimate of drug-likeness (QED) is 0.779. The lowest BCUT2D eigenvalue weighted by Gasteiger charge is -2.06. The van der Waals surface area contributed by atoms with E-state index in [1.165, 1.54) is 25.0 Å². The highest BCUT2D eigenvalue weighted by molar-refractivity contribution is 6.30. The van der Waals surface area contributed by atoms with Crippen molar-refractivity contribution in [1.82, 2.24) is 10.6 Å². The van der Waals surface area contributed by atoms with E-state index in [1.54, 1.807) is 0 Å². The summed E-state index contributed by atoms with van der Waals surface area (Å²) in [7, 11) is 0. The minimum absolute atomic E-state index is 0.0279. The molecule has 0 saturated heterocycles. The van der Waals surface area contributed by atoms with Crippen LogP contribution >= 0.6 is 11.6 Å². The third-order valence-corrected chi connectivity index (χ3v) is 3.14. The second-order valence-electron chi connectivity index (χ2n) is 4.47. The number of halogens is 2. The van der Waals surface area contributed by atoms with Crippen molar-refractivity contribution in [2.75, 3.05) is 13.1 Å². The zero-order chi connectivity index (χ0) is 13.0. The number of nitrogens with one attached hydrogen (secondary N) is 2. The van der Waals surface area contributed by atoms with E-state index in [4.69, 9.17) is 11.6 Å². The van der Waals surface area contributed by atoms with Gasteiger partial charge >= 0.3 is 0 Å². The van der Waals surface area contributed by atoms with Gasteiger partial charge in [0.15, 0.2) is 0 Å². The molecule has 1 saturated carbocycles. The van der Waals surface area contributed by atoms with Crippen LogP contribution in [-0.2, 0) is 0 Å². The van der Waals surface area contributed by atoms with Crippen LogP contribution in [0.4, 0.5) is 4.39 Å². The second kappa shape index (κ2) is 6.16. The lowest BCUT2D eigenvalue weighted by Crippen LogP contribution is -2.28. The molecule has 18 heavy (non-hydrogen) atoms. The van der Waals surface area contributed by atoms with Crippen molar-refractivity contribution in [1.29, 1.82) is 0 Å². The summed E-state index contributed by atoms with van der Waals surface area (Å²) >= 11 is 5.55. The average molecular weight is 271 g/mol. The first-order chi connectivity index (χ1) is 8.66. The first-order valence-corrected chi connectivity index (χ1v) is 6.51. The molecule has 1 aliphatic carbocycles. The zero-order valence-corrected chi connectivity index (χ0v) is 10.8.